The lowest BCUT2D eigenvalue weighted by Crippen LogP contribution is -2.38. The number of esters is 1. The zero-order chi connectivity index (χ0) is 14.8. The fourth-order valence-electron chi connectivity index (χ4n) is 2.77. The number of benzene rings is 1. The van der Waals surface area contributed by atoms with Gasteiger partial charge in [-0.25, -0.2) is 4.79 Å². The lowest BCUT2D eigenvalue weighted by molar-refractivity contribution is -0.147. The number of ether oxygens (including phenoxy) is 1. The SMILES string of the molecule is COC(=O)[C@H](c1ccccc1Cl)N1CCc2sccc2C1.I. The topological polar surface area (TPSA) is 29.5 Å². The lowest BCUT2D eigenvalue weighted by atomic mass is 10.0. The van der Waals surface area contributed by atoms with Crippen LogP contribution in [0.15, 0.2) is 35.7 Å². The van der Waals surface area contributed by atoms with Crippen LogP contribution in [0.5, 0.6) is 0 Å². The first-order valence-corrected chi connectivity index (χ1v) is 8.08. The molecule has 22 heavy (non-hydrogen) atoms. The molecule has 0 saturated heterocycles. The third-order valence-electron chi connectivity index (χ3n) is 3.83. The number of carbonyl (C=O) groups is 1. The Morgan fingerprint density at radius 2 is 2.14 bits per heavy atom. The number of rotatable bonds is 3. The van der Waals surface area contributed by atoms with Crippen LogP contribution >= 0.6 is 46.9 Å². The van der Waals surface area contributed by atoms with Crippen LogP contribution in [-0.4, -0.2) is 24.5 Å². The largest absolute Gasteiger partial charge is 0.468 e. The molecule has 2 aromatic rings. The van der Waals surface area contributed by atoms with Gasteiger partial charge < -0.3 is 4.74 Å². The molecule has 0 spiro atoms. The summed E-state index contributed by atoms with van der Waals surface area (Å²) in [5, 5.41) is 2.71. The summed E-state index contributed by atoms with van der Waals surface area (Å²) in [6.45, 7) is 1.59. The first kappa shape index (κ1) is 17.7. The zero-order valence-electron chi connectivity index (χ0n) is 12.1. The first-order chi connectivity index (χ1) is 10.2. The average molecular weight is 450 g/mol. The molecule has 1 aromatic heterocycles. The lowest BCUT2D eigenvalue weighted by Gasteiger charge is -2.33. The molecule has 1 aliphatic heterocycles. The van der Waals surface area contributed by atoms with Crippen molar-refractivity contribution in [2.45, 2.75) is 19.0 Å². The highest BCUT2D eigenvalue weighted by Crippen LogP contribution is 2.33. The minimum atomic E-state index is -0.447. The molecule has 3 rings (SSSR count). The smallest absolute Gasteiger partial charge is 0.327 e. The van der Waals surface area contributed by atoms with E-state index in [1.165, 1.54) is 17.6 Å². The van der Waals surface area contributed by atoms with E-state index in [4.69, 9.17) is 16.3 Å². The van der Waals surface area contributed by atoms with Crippen LogP contribution in [0.1, 0.15) is 22.0 Å². The molecule has 0 radical (unpaired) electrons. The van der Waals surface area contributed by atoms with Crippen LogP contribution in [0.25, 0.3) is 0 Å². The van der Waals surface area contributed by atoms with Gasteiger partial charge in [0.15, 0.2) is 0 Å². The standard InChI is InChI=1S/C16H16ClNO2S.HI/c1-20-16(19)15(12-4-2-3-5-13(12)17)18-8-6-14-11(10-18)7-9-21-14;/h2-5,7,9,15H,6,8,10H2,1H3;1H/t15-;/m0./s1. The fraction of sp³-hybridized carbons (Fsp3) is 0.312. The fourth-order valence-corrected chi connectivity index (χ4v) is 3.90. The van der Waals surface area contributed by atoms with E-state index in [9.17, 15) is 4.79 Å². The molecule has 2 heterocycles. The van der Waals surface area contributed by atoms with Crippen molar-refractivity contribution in [1.82, 2.24) is 4.90 Å². The van der Waals surface area contributed by atoms with Crippen molar-refractivity contribution in [3.05, 3.63) is 56.7 Å². The Labute approximate surface area is 156 Å². The van der Waals surface area contributed by atoms with Crippen molar-refractivity contribution >= 4 is 52.9 Å². The van der Waals surface area contributed by atoms with Gasteiger partial charge >= 0.3 is 5.97 Å². The summed E-state index contributed by atoms with van der Waals surface area (Å²) in [4.78, 5) is 15.8. The van der Waals surface area contributed by atoms with Crippen LogP contribution in [-0.2, 0) is 22.5 Å². The van der Waals surface area contributed by atoms with E-state index < -0.39 is 6.04 Å². The number of thiophene rings is 1. The van der Waals surface area contributed by atoms with Gasteiger partial charge in [0.1, 0.15) is 6.04 Å². The molecule has 0 amide bonds. The molecular weight excluding hydrogens is 433 g/mol. The van der Waals surface area contributed by atoms with Crippen molar-refractivity contribution < 1.29 is 9.53 Å². The average Bonchev–Trinajstić information content (AvgIpc) is 2.97. The van der Waals surface area contributed by atoms with Crippen molar-refractivity contribution in [3.63, 3.8) is 0 Å². The molecule has 118 valence electrons. The van der Waals surface area contributed by atoms with Crippen molar-refractivity contribution in [3.8, 4) is 0 Å². The van der Waals surface area contributed by atoms with Crippen molar-refractivity contribution in [1.29, 1.82) is 0 Å². The van der Waals surface area contributed by atoms with Crippen LogP contribution in [0.4, 0.5) is 0 Å². The van der Waals surface area contributed by atoms with Gasteiger partial charge in [-0.15, -0.1) is 35.3 Å². The molecule has 0 aliphatic carbocycles. The van der Waals surface area contributed by atoms with Gasteiger partial charge in [0.05, 0.1) is 7.11 Å². The molecule has 0 N–H and O–H groups in total. The Hall–Kier alpha value is -0.630. The molecule has 6 heteroatoms. The van der Waals surface area contributed by atoms with Crippen LogP contribution in [0, 0.1) is 0 Å². The molecule has 1 aromatic carbocycles. The minimum Gasteiger partial charge on any atom is -0.468 e. The van der Waals surface area contributed by atoms with Crippen LogP contribution < -0.4 is 0 Å². The summed E-state index contributed by atoms with van der Waals surface area (Å²) in [7, 11) is 1.42. The number of fused-ring (bicyclic) bond motifs is 1. The van der Waals surface area contributed by atoms with Gasteiger partial charge in [-0.3, -0.25) is 4.90 Å². The molecule has 0 bridgehead atoms. The second kappa shape index (κ2) is 7.77. The second-order valence-corrected chi connectivity index (χ2v) is 6.44. The van der Waals surface area contributed by atoms with E-state index in [-0.39, 0.29) is 29.9 Å². The molecule has 1 aliphatic rings. The molecule has 1 atom stereocenters. The predicted octanol–water partition coefficient (Wildman–Crippen LogP) is 4.29. The maximum atomic E-state index is 12.3. The van der Waals surface area contributed by atoms with Gasteiger partial charge in [-0.2, -0.15) is 0 Å². The van der Waals surface area contributed by atoms with E-state index in [2.05, 4.69) is 16.3 Å². The molecular formula is C16H17ClINO2S. The Morgan fingerprint density at radius 3 is 2.86 bits per heavy atom. The zero-order valence-corrected chi connectivity index (χ0v) is 16.0. The summed E-state index contributed by atoms with van der Waals surface area (Å²) >= 11 is 8.07. The minimum absolute atomic E-state index is 0. The summed E-state index contributed by atoms with van der Waals surface area (Å²) in [6, 6.07) is 9.16. The highest BCUT2D eigenvalue weighted by molar-refractivity contribution is 14.0. The van der Waals surface area contributed by atoms with Gasteiger partial charge in [0.2, 0.25) is 0 Å². The molecule has 0 unspecified atom stereocenters. The monoisotopic (exact) mass is 449 g/mol. The highest BCUT2D eigenvalue weighted by atomic mass is 127. The van der Waals surface area contributed by atoms with E-state index in [0.29, 0.717) is 5.02 Å². The number of halogens is 2. The van der Waals surface area contributed by atoms with E-state index >= 15 is 0 Å². The quantitative estimate of drug-likeness (QED) is 0.517. The predicted molar refractivity (Wildman–Crippen MR) is 100 cm³/mol. The number of methoxy groups -OCH3 is 1. The van der Waals surface area contributed by atoms with E-state index in [1.54, 1.807) is 11.3 Å². The number of nitrogens with zero attached hydrogens (tertiary/aromatic N) is 1. The van der Waals surface area contributed by atoms with Gasteiger partial charge in [0, 0.05) is 23.0 Å². The highest BCUT2D eigenvalue weighted by Gasteiger charge is 2.32. The van der Waals surface area contributed by atoms with Crippen LogP contribution in [0.2, 0.25) is 5.02 Å². The number of hydrogen-bond donors (Lipinski definition) is 0. The Bertz CT molecular complexity index is 661. The summed E-state index contributed by atoms with van der Waals surface area (Å²) in [5.41, 5.74) is 2.11. The van der Waals surface area contributed by atoms with Gasteiger partial charge in [-0.1, -0.05) is 29.8 Å². The molecule has 0 saturated carbocycles. The van der Waals surface area contributed by atoms with Crippen molar-refractivity contribution in [2.24, 2.45) is 0 Å². The number of carbonyl (C=O) groups excluding carboxylic acids is 1. The normalized spacial score (nSPS) is 15.5. The molecule has 3 nitrogen and oxygen atoms in total. The maximum Gasteiger partial charge on any atom is 0.327 e. The third kappa shape index (κ3) is 3.48. The third-order valence-corrected chi connectivity index (χ3v) is 5.19. The Kier molecular flexibility index (Phi) is 6.26. The Morgan fingerprint density at radius 1 is 1.36 bits per heavy atom. The van der Waals surface area contributed by atoms with Gasteiger partial charge in [-0.05, 0) is 35.1 Å². The van der Waals surface area contributed by atoms with E-state index in [0.717, 1.165) is 25.1 Å². The second-order valence-electron chi connectivity index (χ2n) is 5.04. The Balaban J connectivity index is 0.00000176. The first-order valence-electron chi connectivity index (χ1n) is 6.82. The van der Waals surface area contributed by atoms with E-state index in [1.807, 2.05) is 24.3 Å². The van der Waals surface area contributed by atoms with Crippen LogP contribution in [0.3, 0.4) is 0 Å². The number of hydrogen-bond acceptors (Lipinski definition) is 4. The maximum absolute atomic E-state index is 12.3. The summed E-state index contributed by atoms with van der Waals surface area (Å²) in [5.74, 6) is -0.262. The van der Waals surface area contributed by atoms with Gasteiger partial charge in [0.25, 0.3) is 0 Å². The van der Waals surface area contributed by atoms with Crippen molar-refractivity contribution in [2.75, 3.05) is 13.7 Å². The summed E-state index contributed by atoms with van der Waals surface area (Å²) < 4.78 is 5.01. The summed E-state index contributed by atoms with van der Waals surface area (Å²) in [6.07, 6.45) is 0.963. The molecule has 0 fully saturated rings.